The highest BCUT2D eigenvalue weighted by molar-refractivity contribution is 7.14. The molecule has 4 aromatic rings. The van der Waals surface area contributed by atoms with E-state index in [2.05, 4.69) is 20.4 Å². The number of benzene rings is 1. The van der Waals surface area contributed by atoms with Gasteiger partial charge >= 0.3 is 0 Å². The molecule has 1 amide bonds. The van der Waals surface area contributed by atoms with E-state index in [-0.39, 0.29) is 5.91 Å². The van der Waals surface area contributed by atoms with Gasteiger partial charge in [-0.25, -0.2) is 0 Å². The molecule has 3 heterocycles. The number of thiophene rings is 1. The number of aromatic nitrogens is 3. The van der Waals surface area contributed by atoms with Gasteiger partial charge in [-0.05, 0) is 30.0 Å². The van der Waals surface area contributed by atoms with Crippen LogP contribution in [0.2, 0.25) is 0 Å². The second kappa shape index (κ2) is 5.93. The standard InChI is InChI=1S/C17H14N4O2S/c1-10-19-17(23-21-10)16-14(6-7-24-16)20-15(22)8-11-9-18-13-5-3-2-4-12(11)13/h2-7,9,18H,8H2,1H3,(H,20,22). The summed E-state index contributed by atoms with van der Waals surface area (Å²) >= 11 is 1.45. The smallest absolute Gasteiger partial charge is 0.270 e. The first-order valence-corrected chi connectivity index (χ1v) is 8.31. The minimum absolute atomic E-state index is 0.0874. The lowest BCUT2D eigenvalue weighted by Crippen LogP contribution is -2.14. The highest BCUT2D eigenvalue weighted by Gasteiger charge is 2.16. The van der Waals surface area contributed by atoms with E-state index in [1.807, 2.05) is 41.9 Å². The SMILES string of the molecule is Cc1noc(-c2sccc2NC(=O)Cc2c[nH]c3ccccc23)n1. The van der Waals surface area contributed by atoms with Gasteiger partial charge in [0.25, 0.3) is 5.89 Å². The fourth-order valence-electron chi connectivity index (χ4n) is 2.61. The summed E-state index contributed by atoms with van der Waals surface area (Å²) in [5.41, 5.74) is 2.68. The second-order valence-electron chi connectivity index (χ2n) is 5.39. The monoisotopic (exact) mass is 338 g/mol. The predicted octanol–water partition coefficient (Wildman–Crippen LogP) is 3.77. The van der Waals surface area contributed by atoms with Gasteiger partial charge in [0.1, 0.15) is 4.88 Å². The molecule has 2 N–H and O–H groups in total. The van der Waals surface area contributed by atoms with Gasteiger partial charge in [0, 0.05) is 17.1 Å². The number of carbonyl (C=O) groups excluding carboxylic acids is 1. The number of aryl methyl sites for hydroxylation is 1. The third-order valence-electron chi connectivity index (χ3n) is 3.69. The molecule has 120 valence electrons. The number of nitrogens with zero attached hydrogens (tertiary/aromatic N) is 2. The molecule has 0 bridgehead atoms. The summed E-state index contributed by atoms with van der Waals surface area (Å²) in [6.07, 6.45) is 2.17. The number of fused-ring (bicyclic) bond motifs is 1. The van der Waals surface area contributed by atoms with E-state index in [1.54, 1.807) is 6.92 Å². The van der Waals surface area contributed by atoms with Crippen molar-refractivity contribution >= 4 is 33.8 Å². The summed E-state index contributed by atoms with van der Waals surface area (Å²) in [5.74, 6) is 0.898. The maximum absolute atomic E-state index is 12.4. The van der Waals surface area contributed by atoms with Crippen LogP contribution >= 0.6 is 11.3 Å². The molecular weight excluding hydrogens is 324 g/mol. The zero-order valence-electron chi connectivity index (χ0n) is 12.9. The van der Waals surface area contributed by atoms with E-state index in [1.165, 1.54) is 11.3 Å². The Bertz CT molecular complexity index is 1010. The van der Waals surface area contributed by atoms with Crippen molar-refractivity contribution in [3.63, 3.8) is 0 Å². The molecule has 0 aliphatic carbocycles. The number of hydrogen-bond acceptors (Lipinski definition) is 5. The maximum atomic E-state index is 12.4. The lowest BCUT2D eigenvalue weighted by Gasteiger charge is -2.04. The minimum Gasteiger partial charge on any atom is -0.361 e. The quantitative estimate of drug-likeness (QED) is 0.593. The van der Waals surface area contributed by atoms with Crippen molar-refractivity contribution in [3.8, 4) is 10.8 Å². The van der Waals surface area contributed by atoms with Crippen molar-refractivity contribution in [3.05, 3.63) is 53.3 Å². The van der Waals surface area contributed by atoms with E-state index >= 15 is 0 Å². The number of hydrogen-bond donors (Lipinski definition) is 2. The van der Waals surface area contributed by atoms with E-state index in [4.69, 9.17) is 4.52 Å². The molecular formula is C17H14N4O2S. The van der Waals surface area contributed by atoms with Gasteiger partial charge < -0.3 is 14.8 Å². The zero-order valence-corrected chi connectivity index (χ0v) is 13.7. The van der Waals surface area contributed by atoms with E-state index < -0.39 is 0 Å². The van der Waals surface area contributed by atoms with Crippen molar-refractivity contribution in [1.82, 2.24) is 15.1 Å². The van der Waals surface area contributed by atoms with Crippen LogP contribution < -0.4 is 5.32 Å². The van der Waals surface area contributed by atoms with Crippen LogP contribution in [0.1, 0.15) is 11.4 Å². The largest absolute Gasteiger partial charge is 0.361 e. The fourth-order valence-corrected chi connectivity index (χ4v) is 3.38. The molecule has 7 heteroatoms. The van der Waals surface area contributed by atoms with Crippen LogP contribution in [0.4, 0.5) is 5.69 Å². The minimum atomic E-state index is -0.0874. The first kappa shape index (κ1) is 14.6. The van der Waals surface area contributed by atoms with E-state index in [9.17, 15) is 4.79 Å². The van der Waals surface area contributed by atoms with Crippen LogP contribution in [-0.2, 0) is 11.2 Å². The molecule has 1 aromatic carbocycles. The number of carbonyl (C=O) groups is 1. The first-order chi connectivity index (χ1) is 11.7. The molecule has 24 heavy (non-hydrogen) atoms. The number of amides is 1. The molecule has 0 saturated carbocycles. The number of aromatic amines is 1. The summed E-state index contributed by atoms with van der Waals surface area (Å²) in [6.45, 7) is 1.76. The highest BCUT2D eigenvalue weighted by Crippen LogP contribution is 2.32. The van der Waals surface area contributed by atoms with Crippen LogP contribution in [0.5, 0.6) is 0 Å². The fraction of sp³-hybridized carbons (Fsp3) is 0.118. The Hall–Kier alpha value is -2.93. The molecule has 0 aliphatic heterocycles. The number of para-hydroxylation sites is 1. The molecule has 3 aromatic heterocycles. The molecule has 0 atom stereocenters. The number of H-pyrrole nitrogens is 1. The summed E-state index contributed by atoms with van der Waals surface area (Å²) in [5, 5.41) is 9.67. The van der Waals surface area contributed by atoms with Crippen molar-refractivity contribution in [2.75, 3.05) is 5.32 Å². The van der Waals surface area contributed by atoms with Crippen molar-refractivity contribution in [2.24, 2.45) is 0 Å². The van der Waals surface area contributed by atoms with Gasteiger partial charge in [-0.2, -0.15) is 4.98 Å². The Morgan fingerprint density at radius 3 is 3.04 bits per heavy atom. The van der Waals surface area contributed by atoms with Gasteiger partial charge in [0.05, 0.1) is 12.1 Å². The van der Waals surface area contributed by atoms with Crippen LogP contribution in [0.15, 0.2) is 46.4 Å². The van der Waals surface area contributed by atoms with Gasteiger partial charge in [0.15, 0.2) is 5.82 Å². The highest BCUT2D eigenvalue weighted by atomic mass is 32.1. The molecule has 0 saturated heterocycles. The first-order valence-electron chi connectivity index (χ1n) is 7.44. The van der Waals surface area contributed by atoms with Crippen LogP contribution in [0.25, 0.3) is 21.7 Å². The molecule has 0 aliphatic rings. The van der Waals surface area contributed by atoms with Crippen molar-refractivity contribution in [1.29, 1.82) is 0 Å². The third kappa shape index (κ3) is 2.69. The van der Waals surface area contributed by atoms with Crippen molar-refractivity contribution in [2.45, 2.75) is 13.3 Å². The number of anilines is 1. The topological polar surface area (TPSA) is 83.8 Å². The van der Waals surface area contributed by atoms with E-state index in [0.29, 0.717) is 23.8 Å². The predicted molar refractivity (Wildman–Crippen MR) is 93.0 cm³/mol. The van der Waals surface area contributed by atoms with Crippen LogP contribution in [0, 0.1) is 6.92 Å². The van der Waals surface area contributed by atoms with E-state index in [0.717, 1.165) is 21.3 Å². The lowest BCUT2D eigenvalue weighted by atomic mass is 10.1. The Labute approximate surface area is 141 Å². The van der Waals surface area contributed by atoms with Gasteiger partial charge in [-0.15, -0.1) is 11.3 Å². The summed E-state index contributed by atoms with van der Waals surface area (Å²) in [6, 6.07) is 9.77. The van der Waals surface area contributed by atoms with Crippen LogP contribution in [0.3, 0.4) is 0 Å². The Morgan fingerprint density at radius 1 is 1.33 bits per heavy atom. The summed E-state index contributed by atoms with van der Waals surface area (Å²) < 4.78 is 5.19. The maximum Gasteiger partial charge on any atom is 0.270 e. The number of nitrogens with one attached hydrogen (secondary N) is 2. The summed E-state index contributed by atoms with van der Waals surface area (Å²) in [4.78, 5) is 20.6. The van der Waals surface area contributed by atoms with Gasteiger partial charge in [-0.3, -0.25) is 4.79 Å². The normalized spacial score (nSPS) is 11.0. The van der Waals surface area contributed by atoms with Gasteiger partial charge in [-0.1, -0.05) is 23.4 Å². The third-order valence-corrected chi connectivity index (χ3v) is 4.59. The zero-order chi connectivity index (χ0) is 16.5. The Balaban J connectivity index is 1.54. The molecule has 4 rings (SSSR count). The molecule has 0 unspecified atom stereocenters. The average molecular weight is 338 g/mol. The summed E-state index contributed by atoms with van der Waals surface area (Å²) in [7, 11) is 0. The molecule has 0 spiro atoms. The molecule has 6 nitrogen and oxygen atoms in total. The second-order valence-corrected chi connectivity index (χ2v) is 6.31. The van der Waals surface area contributed by atoms with Crippen molar-refractivity contribution < 1.29 is 9.32 Å². The number of rotatable bonds is 4. The van der Waals surface area contributed by atoms with Gasteiger partial charge in [0.2, 0.25) is 5.91 Å². The van der Waals surface area contributed by atoms with Crippen LogP contribution in [-0.4, -0.2) is 21.0 Å². The Kier molecular flexibility index (Phi) is 3.62. The Morgan fingerprint density at radius 2 is 2.21 bits per heavy atom. The lowest BCUT2D eigenvalue weighted by molar-refractivity contribution is -0.115. The average Bonchev–Trinajstić information content (AvgIpc) is 3.28. The molecule has 0 radical (unpaired) electrons. The molecule has 0 fully saturated rings.